The number of hydrogen-bond donors (Lipinski definition) is 2. The molecule has 0 radical (unpaired) electrons. The highest BCUT2D eigenvalue weighted by Crippen LogP contribution is 2.24. The van der Waals surface area contributed by atoms with E-state index in [4.69, 9.17) is 5.84 Å². The lowest BCUT2D eigenvalue weighted by Crippen LogP contribution is -2.30. The maximum atomic E-state index is 5.68. The van der Waals surface area contributed by atoms with Crippen LogP contribution in [-0.4, -0.2) is 4.98 Å². The van der Waals surface area contributed by atoms with Gasteiger partial charge in [-0.15, -0.1) is 11.3 Å². The van der Waals surface area contributed by atoms with Crippen LogP contribution < -0.4 is 11.3 Å². The van der Waals surface area contributed by atoms with Crippen LogP contribution in [-0.2, 0) is 6.42 Å². The van der Waals surface area contributed by atoms with Gasteiger partial charge in [0.1, 0.15) is 0 Å². The summed E-state index contributed by atoms with van der Waals surface area (Å²) >= 11 is 5.15. The number of hydrogen-bond acceptors (Lipinski definition) is 4. The van der Waals surface area contributed by atoms with E-state index in [1.54, 1.807) is 11.3 Å². The van der Waals surface area contributed by atoms with Crippen molar-refractivity contribution in [1.82, 2.24) is 10.4 Å². The monoisotopic (exact) mass is 325 g/mol. The van der Waals surface area contributed by atoms with E-state index in [2.05, 4.69) is 50.8 Å². The van der Waals surface area contributed by atoms with Crippen molar-refractivity contribution in [1.29, 1.82) is 0 Å². The number of halogens is 1. The molecule has 1 unspecified atom stereocenters. The molecule has 0 saturated heterocycles. The molecule has 2 aromatic rings. The Kier molecular flexibility index (Phi) is 4.50. The molecule has 0 fully saturated rings. The molecule has 1 atom stereocenters. The summed E-state index contributed by atoms with van der Waals surface area (Å²) in [7, 11) is 0. The average molecular weight is 326 g/mol. The minimum Gasteiger partial charge on any atom is -0.271 e. The Labute approximate surface area is 120 Å². The highest BCUT2D eigenvalue weighted by Gasteiger charge is 2.14. The number of rotatable bonds is 4. The Hall–Kier alpha value is -0.750. The van der Waals surface area contributed by atoms with Crippen molar-refractivity contribution >= 4 is 27.3 Å². The van der Waals surface area contributed by atoms with Crippen LogP contribution >= 0.6 is 27.3 Å². The van der Waals surface area contributed by atoms with Gasteiger partial charge >= 0.3 is 0 Å². The molecule has 0 amide bonds. The number of nitrogens with two attached hydrogens (primary N) is 1. The lowest BCUT2D eigenvalue weighted by molar-refractivity contribution is 0.544. The second-order valence-corrected chi connectivity index (χ2v) is 6.26. The van der Waals surface area contributed by atoms with Gasteiger partial charge in [0, 0.05) is 16.3 Å². The third kappa shape index (κ3) is 3.17. The molecule has 18 heavy (non-hydrogen) atoms. The summed E-state index contributed by atoms with van der Waals surface area (Å²) < 4.78 is 1.09. The lowest BCUT2D eigenvalue weighted by atomic mass is 9.98. The predicted molar refractivity (Wildman–Crippen MR) is 79.5 cm³/mol. The summed E-state index contributed by atoms with van der Waals surface area (Å²) in [6.45, 7) is 4.11. The smallest absolute Gasteiger partial charge is 0.0897 e. The molecule has 1 heterocycles. The van der Waals surface area contributed by atoms with Crippen molar-refractivity contribution in [2.24, 2.45) is 5.84 Å². The van der Waals surface area contributed by atoms with Crippen LogP contribution in [0, 0.1) is 13.8 Å². The fourth-order valence-corrected chi connectivity index (χ4v) is 3.10. The summed E-state index contributed by atoms with van der Waals surface area (Å²) in [5.74, 6) is 5.68. The van der Waals surface area contributed by atoms with Crippen LogP contribution in [0.3, 0.4) is 0 Å². The number of thiazole rings is 1. The van der Waals surface area contributed by atoms with Gasteiger partial charge in [-0.1, -0.05) is 22.0 Å². The molecule has 1 aromatic heterocycles. The predicted octanol–water partition coefficient (Wildman–Crippen LogP) is 3.27. The van der Waals surface area contributed by atoms with Gasteiger partial charge in [-0.05, 0) is 37.1 Å². The molecule has 2 rings (SSSR count). The summed E-state index contributed by atoms with van der Waals surface area (Å²) in [6.07, 6.45) is 0.809. The van der Waals surface area contributed by atoms with Crippen LogP contribution in [0.2, 0.25) is 0 Å². The third-order valence-electron chi connectivity index (χ3n) is 2.89. The quantitative estimate of drug-likeness (QED) is 0.670. The maximum Gasteiger partial charge on any atom is 0.0897 e. The lowest BCUT2D eigenvalue weighted by Gasteiger charge is -2.17. The number of nitrogens with zero attached hydrogens (tertiary/aromatic N) is 1. The van der Waals surface area contributed by atoms with Gasteiger partial charge in [-0.2, -0.15) is 0 Å². The number of benzene rings is 1. The van der Waals surface area contributed by atoms with E-state index in [1.165, 1.54) is 11.1 Å². The molecule has 0 saturated carbocycles. The van der Waals surface area contributed by atoms with Crippen LogP contribution in [0.1, 0.15) is 27.9 Å². The van der Waals surface area contributed by atoms with Gasteiger partial charge in [0.25, 0.3) is 0 Å². The normalized spacial score (nSPS) is 12.7. The van der Waals surface area contributed by atoms with Crippen LogP contribution in [0.4, 0.5) is 0 Å². The van der Waals surface area contributed by atoms with Gasteiger partial charge in [-0.3, -0.25) is 11.3 Å². The van der Waals surface area contributed by atoms with Crippen molar-refractivity contribution in [3.63, 3.8) is 0 Å². The molecule has 0 spiro atoms. The molecule has 0 bridgehead atoms. The SMILES string of the molecule is Cc1nc(CC(NN)c2ccc(Br)cc2C)cs1. The Morgan fingerprint density at radius 1 is 1.44 bits per heavy atom. The van der Waals surface area contributed by atoms with Crippen LogP contribution in [0.5, 0.6) is 0 Å². The zero-order valence-corrected chi connectivity index (χ0v) is 12.8. The van der Waals surface area contributed by atoms with Gasteiger partial charge in [0.15, 0.2) is 0 Å². The Balaban J connectivity index is 2.22. The third-order valence-corrected chi connectivity index (χ3v) is 4.20. The largest absolute Gasteiger partial charge is 0.271 e. The van der Waals surface area contributed by atoms with Gasteiger partial charge in [-0.25, -0.2) is 4.98 Å². The van der Waals surface area contributed by atoms with E-state index < -0.39 is 0 Å². The van der Waals surface area contributed by atoms with E-state index in [0.717, 1.165) is 21.6 Å². The first kappa shape index (κ1) is 13.7. The van der Waals surface area contributed by atoms with Crippen molar-refractivity contribution < 1.29 is 0 Å². The van der Waals surface area contributed by atoms with E-state index in [9.17, 15) is 0 Å². The Morgan fingerprint density at radius 2 is 2.22 bits per heavy atom. The van der Waals surface area contributed by atoms with E-state index in [-0.39, 0.29) is 6.04 Å². The molecule has 0 aliphatic heterocycles. The first-order valence-corrected chi connectivity index (χ1v) is 7.40. The molecule has 3 nitrogen and oxygen atoms in total. The Morgan fingerprint density at radius 3 is 2.78 bits per heavy atom. The van der Waals surface area contributed by atoms with Crippen molar-refractivity contribution in [3.05, 3.63) is 49.9 Å². The highest BCUT2D eigenvalue weighted by atomic mass is 79.9. The molecule has 5 heteroatoms. The van der Waals surface area contributed by atoms with Crippen LogP contribution in [0.15, 0.2) is 28.1 Å². The second-order valence-electron chi connectivity index (χ2n) is 4.28. The average Bonchev–Trinajstić information content (AvgIpc) is 2.72. The standard InChI is InChI=1S/C13H16BrN3S/c1-8-5-10(14)3-4-12(8)13(17-15)6-11-7-18-9(2)16-11/h3-5,7,13,17H,6,15H2,1-2H3. The minimum atomic E-state index is 0.0969. The highest BCUT2D eigenvalue weighted by molar-refractivity contribution is 9.10. The fraction of sp³-hybridized carbons (Fsp3) is 0.308. The molecular weight excluding hydrogens is 310 g/mol. The molecule has 96 valence electrons. The van der Waals surface area contributed by atoms with Gasteiger partial charge < -0.3 is 0 Å². The van der Waals surface area contributed by atoms with Crippen molar-refractivity contribution in [3.8, 4) is 0 Å². The van der Waals surface area contributed by atoms with Crippen molar-refractivity contribution in [2.45, 2.75) is 26.3 Å². The Bertz CT molecular complexity index is 539. The molecule has 0 aliphatic carbocycles. The van der Waals surface area contributed by atoms with E-state index >= 15 is 0 Å². The zero-order valence-electron chi connectivity index (χ0n) is 10.4. The zero-order chi connectivity index (χ0) is 13.1. The van der Waals surface area contributed by atoms with E-state index in [0.29, 0.717) is 0 Å². The second kappa shape index (κ2) is 5.93. The summed E-state index contributed by atoms with van der Waals surface area (Å²) in [6, 6.07) is 6.34. The fourth-order valence-electron chi connectivity index (χ4n) is 2.00. The summed E-state index contributed by atoms with van der Waals surface area (Å²) in [5.41, 5.74) is 6.41. The first-order valence-electron chi connectivity index (χ1n) is 5.73. The van der Waals surface area contributed by atoms with Crippen molar-refractivity contribution in [2.75, 3.05) is 0 Å². The molecule has 0 aliphatic rings. The number of aryl methyl sites for hydroxylation is 2. The van der Waals surface area contributed by atoms with E-state index in [1.807, 2.05) is 13.0 Å². The van der Waals surface area contributed by atoms with Crippen LogP contribution in [0.25, 0.3) is 0 Å². The topological polar surface area (TPSA) is 50.9 Å². The first-order chi connectivity index (χ1) is 8.60. The molecule has 3 N–H and O–H groups in total. The summed E-state index contributed by atoms with van der Waals surface area (Å²) in [5, 5.41) is 3.18. The number of aromatic nitrogens is 1. The molecular formula is C13H16BrN3S. The number of nitrogens with one attached hydrogen (secondary N) is 1. The molecule has 1 aromatic carbocycles. The number of hydrazine groups is 1. The van der Waals surface area contributed by atoms with Gasteiger partial charge in [0.05, 0.1) is 16.7 Å². The summed E-state index contributed by atoms with van der Waals surface area (Å²) in [4.78, 5) is 4.48. The van der Waals surface area contributed by atoms with Gasteiger partial charge in [0.2, 0.25) is 0 Å². The maximum absolute atomic E-state index is 5.68. The minimum absolute atomic E-state index is 0.0969.